The average Bonchev–Trinajstić information content (AvgIpc) is 3.43. The molecule has 1 atom stereocenters. The second kappa shape index (κ2) is 10.8. The minimum absolute atomic E-state index is 0.301. The first-order valence-corrected chi connectivity index (χ1v) is 11.9. The molecule has 4 aromatic rings. The standard InChI is InChI=1S/C27H32N6O4/c1-16-12-17(2)33(31-16)25-14-24(28-26(30-25)22-10-8-18(3)36-22)29-27(34)19(4)37-23-13-20(15-32(5)6)9-11-21(23)35-7/h8-14,19H,15H2,1-7H3,(H,28,29,30,34). The van der Waals surface area contributed by atoms with E-state index in [-0.39, 0.29) is 5.91 Å². The van der Waals surface area contributed by atoms with Crippen molar-refractivity contribution in [1.29, 1.82) is 0 Å². The molecule has 1 aromatic carbocycles. The summed E-state index contributed by atoms with van der Waals surface area (Å²) in [6, 6.07) is 12.9. The van der Waals surface area contributed by atoms with Crippen LogP contribution in [0.2, 0.25) is 0 Å². The molecule has 0 aliphatic rings. The molecule has 37 heavy (non-hydrogen) atoms. The molecular formula is C27H32N6O4. The predicted octanol–water partition coefficient (Wildman–Crippen LogP) is 4.32. The summed E-state index contributed by atoms with van der Waals surface area (Å²) < 4.78 is 18.9. The third kappa shape index (κ3) is 6.15. The van der Waals surface area contributed by atoms with Crippen molar-refractivity contribution in [2.45, 2.75) is 40.3 Å². The molecule has 0 bridgehead atoms. The Morgan fingerprint density at radius 2 is 1.86 bits per heavy atom. The Morgan fingerprint density at radius 1 is 1.08 bits per heavy atom. The summed E-state index contributed by atoms with van der Waals surface area (Å²) in [5.74, 6) is 3.02. The highest BCUT2D eigenvalue weighted by molar-refractivity contribution is 5.93. The highest BCUT2D eigenvalue weighted by Crippen LogP contribution is 2.30. The second-order valence-corrected chi connectivity index (χ2v) is 9.16. The molecule has 3 heterocycles. The summed E-state index contributed by atoms with van der Waals surface area (Å²) >= 11 is 0. The first-order chi connectivity index (χ1) is 17.6. The summed E-state index contributed by atoms with van der Waals surface area (Å²) in [7, 11) is 5.54. The molecule has 0 aliphatic carbocycles. The zero-order chi connectivity index (χ0) is 26.7. The zero-order valence-electron chi connectivity index (χ0n) is 22.2. The van der Waals surface area contributed by atoms with Crippen LogP contribution >= 0.6 is 0 Å². The third-order valence-electron chi connectivity index (χ3n) is 5.55. The lowest BCUT2D eigenvalue weighted by atomic mass is 10.2. The van der Waals surface area contributed by atoms with Crippen molar-refractivity contribution in [1.82, 2.24) is 24.6 Å². The number of carbonyl (C=O) groups is 1. The normalized spacial score (nSPS) is 12.0. The molecule has 10 heteroatoms. The van der Waals surface area contributed by atoms with Gasteiger partial charge in [0.25, 0.3) is 5.91 Å². The van der Waals surface area contributed by atoms with Crippen LogP contribution in [0.25, 0.3) is 17.4 Å². The SMILES string of the molecule is COc1ccc(CN(C)C)cc1OC(C)C(=O)Nc1cc(-n2nc(C)cc2C)nc(-c2ccc(C)o2)n1. The number of nitrogens with zero attached hydrogens (tertiary/aromatic N) is 5. The Kier molecular flexibility index (Phi) is 7.58. The van der Waals surface area contributed by atoms with Crippen LogP contribution in [0.5, 0.6) is 11.5 Å². The average molecular weight is 505 g/mol. The number of aryl methyl sites for hydroxylation is 3. The van der Waals surface area contributed by atoms with Crippen molar-refractivity contribution >= 4 is 11.7 Å². The molecule has 10 nitrogen and oxygen atoms in total. The van der Waals surface area contributed by atoms with Crippen molar-refractivity contribution in [2.24, 2.45) is 0 Å². The fourth-order valence-electron chi connectivity index (χ4n) is 3.88. The lowest BCUT2D eigenvalue weighted by Crippen LogP contribution is -2.30. The van der Waals surface area contributed by atoms with E-state index < -0.39 is 6.10 Å². The summed E-state index contributed by atoms with van der Waals surface area (Å²) in [6.07, 6.45) is -0.829. The summed E-state index contributed by atoms with van der Waals surface area (Å²) in [4.78, 5) is 24.4. The van der Waals surface area contributed by atoms with Crippen LogP contribution in [0.4, 0.5) is 5.82 Å². The summed E-state index contributed by atoms with van der Waals surface area (Å²) in [5.41, 5.74) is 2.79. The van der Waals surface area contributed by atoms with Crippen LogP contribution in [-0.2, 0) is 11.3 Å². The number of carbonyl (C=O) groups excluding carboxylic acids is 1. The maximum atomic E-state index is 13.2. The van der Waals surface area contributed by atoms with Crippen molar-refractivity contribution in [3.05, 3.63) is 65.2 Å². The number of benzene rings is 1. The number of anilines is 1. The van der Waals surface area contributed by atoms with Crippen molar-refractivity contribution in [3.63, 3.8) is 0 Å². The van der Waals surface area contributed by atoms with Gasteiger partial charge in [0, 0.05) is 18.3 Å². The first kappa shape index (κ1) is 25.9. The van der Waals surface area contributed by atoms with Gasteiger partial charge in [0.2, 0.25) is 0 Å². The number of furan rings is 1. The van der Waals surface area contributed by atoms with Crippen LogP contribution in [-0.4, -0.2) is 57.9 Å². The monoisotopic (exact) mass is 504 g/mol. The summed E-state index contributed by atoms with van der Waals surface area (Å²) in [5, 5.41) is 7.37. The lowest BCUT2D eigenvalue weighted by Gasteiger charge is -2.18. The molecule has 1 N–H and O–H groups in total. The molecule has 0 spiro atoms. The number of ether oxygens (including phenoxy) is 2. The van der Waals surface area contributed by atoms with Crippen LogP contribution in [0, 0.1) is 20.8 Å². The van der Waals surface area contributed by atoms with Gasteiger partial charge in [-0.05, 0) is 77.7 Å². The zero-order valence-corrected chi connectivity index (χ0v) is 22.2. The molecule has 0 fully saturated rings. The first-order valence-electron chi connectivity index (χ1n) is 11.9. The van der Waals surface area contributed by atoms with Crippen LogP contribution in [0.3, 0.4) is 0 Å². The lowest BCUT2D eigenvalue weighted by molar-refractivity contribution is -0.122. The number of amides is 1. The number of hydrogen-bond donors (Lipinski definition) is 1. The van der Waals surface area contributed by atoms with Gasteiger partial charge < -0.3 is 24.1 Å². The van der Waals surface area contributed by atoms with Gasteiger partial charge >= 0.3 is 0 Å². The second-order valence-electron chi connectivity index (χ2n) is 9.16. The molecule has 4 rings (SSSR count). The highest BCUT2D eigenvalue weighted by atomic mass is 16.5. The van der Waals surface area contributed by atoms with Crippen molar-refractivity contribution in [2.75, 3.05) is 26.5 Å². The Labute approximate surface area is 216 Å². The minimum Gasteiger partial charge on any atom is -0.493 e. The molecule has 0 saturated heterocycles. The fraction of sp³-hybridized carbons (Fsp3) is 0.333. The maximum absolute atomic E-state index is 13.2. The molecule has 1 amide bonds. The van der Waals surface area contributed by atoms with Crippen LogP contribution in [0.1, 0.15) is 29.6 Å². The molecule has 0 saturated carbocycles. The molecule has 0 aliphatic heterocycles. The third-order valence-corrected chi connectivity index (χ3v) is 5.55. The largest absolute Gasteiger partial charge is 0.493 e. The van der Waals surface area contributed by atoms with E-state index in [1.807, 2.05) is 65.2 Å². The number of aromatic nitrogens is 4. The topological polar surface area (TPSA) is 108 Å². The quantitative estimate of drug-likeness (QED) is 0.359. The molecule has 0 radical (unpaired) electrons. The van der Waals surface area contributed by atoms with E-state index in [0.717, 1.165) is 29.3 Å². The van der Waals surface area contributed by atoms with E-state index in [4.69, 9.17) is 13.9 Å². The van der Waals surface area contributed by atoms with Crippen LogP contribution in [0.15, 0.2) is 46.9 Å². The molecule has 1 unspecified atom stereocenters. The molecule has 194 valence electrons. The van der Waals surface area contributed by atoms with Crippen LogP contribution < -0.4 is 14.8 Å². The Hall–Kier alpha value is -4.18. The number of hydrogen-bond acceptors (Lipinski definition) is 8. The van der Waals surface area contributed by atoms with Gasteiger partial charge in [-0.15, -0.1) is 0 Å². The Morgan fingerprint density at radius 3 is 2.49 bits per heavy atom. The van der Waals surface area contributed by atoms with Gasteiger partial charge in [0.05, 0.1) is 12.8 Å². The predicted molar refractivity (Wildman–Crippen MR) is 140 cm³/mol. The van der Waals surface area contributed by atoms with Gasteiger partial charge in [0.1, 0.15) is 11.6 Å². The Balaban J connectivity index is 1.61. The van der Waals surface area contributed by atoms with E-state index in [0.29, 0.717) is 34.7 Å². The van der Waals surface area contributed by atoms with Crippen molar-refractivity contribution < 1.29 is 18.7 Å². The van der Waals surface area contributed by atoms with Gasteiger partial charge in [0.15, 0.2) is 35.0 Å². The van der Waals surface area contributed by atoms with Gasteiger partial charge in [-0.2, -0.15) is 5.10 Å². The van der Waals surface area contributed by atoms with Gasteiger partial charge in [-0.1, -0.05) is 6.07 Å². The highest BCUT2D eigenvalue weighted by Gasteiger charge is 2.20. The minimum atomic E-state index is -0.829. The summed E-state index contributed by atoms with van der Waals surface area (Å²) in [6.45, 7) is 8.09. The Bertz CT molecular complexity index is 1410. The molecular weight excluding hydrogens is 472 g/mol. The van der Waals surface area contributed by atoms with E-state index >= 15 is 0 Å². The van der Waals surface area contributed by atoms with Gasteiger partial charge in [-0.3, -0.25) is 4.79 Å². The number of nitrogens with one attached hydrogen (secondary N) is 1. The number of methoxy groups -OCH3 is 1. The number of rotatable bonds is 9. The van der Waals surface area contributed by atoms with E-state index in [1.54, 1.807) is 30.8 Å². The van der Waals surface area contributed by atoms with Crippen molar-refractivity contribution in [3.8, 4) is 28.9 Å². The van der Waals surface area contributed by atoms with E-state index in [2.05, 4.69) is 25.3 Å². The smallest absolute Gasteiger partial charge is 0.266 e. The van der Waals surface area contributed by atoms with E-state index in [9.17, 15) is 4.79 Å². The van der Waals surface area contributed by atoms with Gasteiger partial charge in [-0.25, -0.2) is 14.6 Å². The fourth-order valence-corrected chi connectivity index (χ4v) is 3.88. The van der Waals surface area contributed by atoms with E-state index in [1.165, 1.54) is 0 Å². The molecule has 3 aromatic heterocycles. The maximum Gasteiger partial charge on any atom is 0.266 e.